The predicted octanol–water partition coefficient (Wildman–Crippen LogP) is 3.98. The monoisotopic (exact) mass is 295 g/mol. The molecular weight excluding hydrogens is 269 g/mol. The molecule has 0 heterocycles. The second-order valence-electron chi connectivity index (χ2n) is 5.85. The van der Waals surface area contributed by atoms with E-state index in [0.29, 0.717) is 12.0 Å². The molecule has 0 unspecified atom stereocenters. The van der Waals surface area contributed by atoms with E-state index in [4.69, 9.17) is 5.11 Å². The maximum atomic E-state index is 12.8. The lowest BCUT2D eigenvalue weighted by Crippen LogP contribution is -2.33. The van der Waals surface area contributed by atoms with Crippen LogP contribution in [0.4, 0.5) is 4.39 Å². The van der Waals surface area contributed by atoms with Gasteiger partial charge in [0.05, 0.1) is 0 Å². The first kappa shape index (κ1) is 17.6. The van der Waals surface area contributed by atoms with E-state index in [1.807, 2.05) is 0 Å². The fourth-order valence-electron chi connectivity index (χ4n) is 2.34. The molecule has 0 aromatic heterocycles. The van der Waals surface area contributed by atoms with Gasteiger partial charge in [-0.05, 0) is 36.5 Å². The van der Waals surface area contributed by atoms with Crippen molar-refractivity contribution in [2.75, 3.05) is 0 Å². The minimum Gasteiger partial charge on any atom is -0.481 e. The van der Waals surface area contributed by atoms with Gasteiger partial charge in [0.15, 0.2) is 0 Å². The molecule has 1 aromatic carbocycles. The smallest absolute Gasteiger partial charge is 0.303 e. The zero-order valence-corrected chi connectivity index (χ0v) is 12.9. The Bertz CT molecular complexity index is 417. The van der Waals surface area contributed by atoms with E-state index in [1.54, 1.807) is 12.1 Å². The SMILES string of the molecule is CC(C)[C@@H](CCCCCC(=O)O)NCc1ccc(F)cc1. The van der Waals surface area contributed by atoms with Crippen molar-refractivity contribution < 1.29 is 14.3 Å². The van der Waals surface area contributed by atoms with Crippen LogP contribution in [0.1, 0.15) is 51.5 Å². The summed E-state index contributed by atoms with van der Waals surface area (Å²) >= 11 is 0. The zero-order valence-electron chi connectivity index (χ0n) is 12.9. The number of halogens is 1. The number of rotatable bonds is 10. The summed E-state index contributed by atoms with van der Waals surface area (Å²) < 4.78 is 12.8. The fraction of sp³-hybridized carbons (Fsp3) is 0.588. The highest BCUT2D eigenvalue weighted by Crippen LogP contribution is 2.13. The summed E-state index contributed by atoms with van der Waals surface area (Å²) in [5.74, 6) is -0.410. The molecular formula is C17H26FNO2. The largest absolute Gasteiger partial charge is 0.481 e. The summed E-state index contributed by atoms with van der Waals surface area (Å²) in [6, 6.07) is 6.96. The van der Waals surface area contributed by atoms with Crippen LogP contribution in [0.15, 0.2) is 24.3 Å². The average molecular weight is 295 g/mol. The van der Waals surface area contributed by atoms with E-state index in [0.717, 1.165) is 37.8 Å². The summed E-state index contributed by atoms with van der Waals surface area (Å²) in [4.78, 5) is 10.4. The predicted molar refractivity (Wildman–Crippen MR) is 82.6 cm³/mol. The molecule has 0 fully saturated rings. The highest BCUT2D eigenvalue weighted by Gasteiger charge is 2.12. The lowest BCUT2D eigenvalue weighted by molar-refractivity contribution is -0.137. The van der Waals surface area contributed by atoms with Crippen molar-refractivity contribution in [2.24, 2.45) is 5.92 Å². The number of nitrogens with one attached hydrogen (secondary N) is 1. The second-order valence-corrected chi connectivity index (χ2v) is 5.85. The number of hydrogen-bond donors (Lipinski definition) is 2. The Balaban J connectivity index is 2.29. The molecule has 2 N–H and O–H groups in total. The Kier molecular flexibility index (Phi) is 7.98. The molecule has 0 spiro atoms. The molecule has 1 rings (SSSR count). The first-order chi connectivity index (χ1) is 9.99. The van der Waals surface area contributed by atoms with E-state index >= 15 is 0 Å². The Hall–Kier alpha value is -1.42. The maximum absolute atomic E-state index is 12.8. The van der Waals surface area contributed by atoms with Gasteiger partial charge in [-0.1, -0.05) is 38.8 Å². The Morgan fingerprint density at radius 1 is 1.19 bits per heavy atom. The normalized spacial score (nSPS) is 12.6. The van der Waals surface area contributed by atoms with Gasteiger partial charge in [0.2, 0.25) is 0 Å². The van der Waals surface area contributed by atoms with Gasteiger partial charge in [-0.25, -0.2) is 4.39 Å². The average Bonchev–Trinajstić information content (AvgIpc) is 2.43. The molecule has 0 aliphatic heterocycles. The lowest BCUT2D eigenvalue weighted by Gasteiger charge is -2.22. The van der Waals surface area contributed by atoms with Crippen LogP contribution in [0, 0.1) is 11.7 Å². The van der Waals surface area contributed by atoms with Crippen molar-refractivity contribution in [3.8, 4) is 0 Å². The molecule has 3 nitrogen and oxygen atoms in total. The Labute approximate surface area is 126 Å². The van der Waals surface area contributed by atoms with Gasteiger partial charge < -0.3 is 10.4 Å². The Morgan fingerprint density at radius 2 is 1.86 bits per heavy atom. The van der Waals surface area contributed by atoms with Crippen molar-refractivity contribution in [2.45, 2.75) is 58.5 Å². The number of aliphatic carboxylic acids is 1. The molecule has 1 atom stereocenters. The second kappa shape index (κ2) is 9.50. The van der Waals surface area contributed by atoms with E-state index < -0.39 is 5.97 Å². The summed E-state index contributed by atoms with van der Waals surface area (Å²) in [6.07, 6.45) is 4.03. The molecule has 0 aliphatic rings. The third-order valence-electron chi connectivity index (χ3n) is 3.69. The number of benzene rings is 1. The third-order valence-corrected chi connectivity index (χ3v) is 3.69. The van der Waals surface area contributed by atoms with Crippen molar-refractivity contribution in [1.29, 1.82) is 0 Å². The third kappa shape index (κ3) is 7.81. The molecule has 0 saturated heterocycles. The topological polar surface area (TPSA) is 49.3 Å². The van der Waals surface area contributed by atoms with Crippen molar-refractivity contribution in [3.63, 3.8) is 0 Å². The fourth-order valence-corrected chi connectivity index (χ4v) is 2.34. The molecule has 0 saturated carbocycles. The van der Waals surface area contributed by atoms with Crippen molar-refractivity contribution in [1.82, 2.24) is 5.32 Å². The molecule has 21 heavy (non-hydrogen) atoms. The van der Waals surface area contributed by atoms with Gasteiger partial charge in [0.25, 0.3) is 0 Å². The van der Waals surface area contributed by atoms with Crippen LogP contribution in [0.3, 0.4) is 0 Å². The molecule has 118 valence electrons. The van der Waals surface area contributed by atoms with Crippen LogP contribution < -0.4 is 5.32 Å². The van der Waals surface area contributed by atoms with Gasteiger partial charge in [0, 0.05) is 19.0 Å². The zero-order chi connectivity index (χ0) is 15.7. The Morgan fingerprint density at radius 3 is 2.43 bits per heavy atom. The van der Waals surface area contributed by atoms with Gasteiger partial charge in [-0.15, -0.1) is 0 Å². The molecule has 0 bridgehead atoms. The lowest BCUT2D eigenvalue weighted by atomic mass is 9.97. The minimum absolute atomic E-state index is 0.211. The summed E-state index contributed by atoms with van der Waals surface area (Å²) in [6.45, 7) is 5.09. The van der Waals surface area contributed by atoms with Crippen LogP contribution in [0.2, 0.25) is 0 Å². The number of hydrogen-bond acceptors (Lipinski definition) is 2. The minimum atomic E-state index is -0.718. The van der Waals surface area contributed by atoms with Crippen LogP contribution >= 0.6 is 0 Å². The summed E-state index contributed by atoms with van der Waals surface area (Å²) in [5, 5.41) is 12.1. The molecule has 0 radical (unpaired) electrons. The molecule has 0 aliphatic carbocycles. The summed E-state index contributed by atoms with van der Waals surface area (Å²) in [5.41, 5.74) is 1.08. The van der Waals surface area contributed by atoms with Crippen molar-refractivity contribution >= 4 is 5.97 Å². The van der Waals surface area contributed by atoms with Gasteiger partial charge in [0.1, 0.15) is 5.82 Å². The summed E-state index contributed by atoms with van der Waals surface area (Å²) in [7, 11) is 0. The van der Waals surface area contributed by atoms with Crippen LogP contribution in [-0.4, -0.2) is 17.1 Å². The van der Waals surface area contributed by atoms with E-state index in [1.165, 1.54) is 12.1 Å². The number of carbonyl (C=O) groups is 1. The number of carboxylic acid groups (broad SMARTS) is 1. The highest BCUT2D eigenvalue weighted by atomic mass is 19.1. The standard InChI is InChI=1S/C17H26FNO2/c1-13(2)16(6-4-3-5-7-17(20)21)19-12-14-8-10-15(18)11-9-14/h8-11,13,16,19H,3-7,12H2,1-2H3,(H,20,21)/t16-/m1/s1. The van der Waals surface area contributed by atoms with Crippen molar-refractivity contribution in [3.05, 3.63) is 35.6 Å². The quantitative estimate of drug-likeness (QED) is 0.642. The van der Waals surface area contributed by atoms with Gasteiger partial charge in [-0.3, -0.25) is 4.79 Å². The first-order valence-corrected chi connectivity index (χ1v) is 7.68. The van der Waals surface area contributed by atoms with Crippen LogP contribution in [0.25, 0.3) is 0 Å². The highest BCUT2D eigenvalue weighted by molar-refractivity contribution is 5.66. The molecule has 0 amide bonds. The van der Waals surface area contributed by atoms with E-state index in [9.17, 15) is 9.18 Å². The first-order valence-electron chi connectivity index (χ1n) is 7.68. The van der Waals surface area contributed by atoms with Gasteiger partial charge >= 0.3 is 5.97 Å². The van der Waals surface area contributed by atoms with Gasteiger partial charge in [-0.2, -0.15) is 0 Å². The molecule has 1 aromatic rings. The van der Waals surface area contributed by atoms with E-state index in [-0.39, 0.29) is 12.2 Å². The number of carboxylic acids is 1. The van der Waals surface area contributed by atoms with Crippen LogP contribution in [0.5, 0.6) is 0 Å². The van der Waals surface area contributed by atoms with E-state index in [2.05, 4.69) is 19.2 Å². The van der Waals surface area contributed by atoms with Crippen LogP contribution in [-0.2, 0) is 11.3 Å². The number of unbranched alkanes of at least 4 members (excludes halogenated alkanes) is 2. The molecule has 4 heteroatoms. The maximum Gasteiger partial charge on any atom is 0.303 e.